The SMILES string of the molecule is COc1ccc2[nH]c(=O)c(CN(C)[C@@H](C)Cc3cnccn3)cc2c1. The van der Waals surface area contributed by atoms with Gasteiger partial charge < -0.3 is 9.72 Å². The van der Waals surface area contributed by atoms with E-state index >= 15 is 0 Å². The van der Waals surface area contributed by atoms with E-state index in [9.17, 15) is 4.79 Å². The van der Waals surface area contributed by atoms with Crippen molar-refractivity contribution in [3.63, 3.8) is 0 Å². The molecule has 3 aromatic rings. The molecule has 0 amide bonds. The number of nitrogens with one attached hydrogen (secondary N) is 1. The van der Waals surface area contributed by atoms with Gasteiger partial charge in [0.15, 0.2) is 0 Å². The first kappa shape index (κ1) is 17.1. The molecular weight excluding hydrogens is 316 g/mol. The minimum atomic E-state index is -0.0591. The molecule has 0 aliphatic heterocycles. The quantitative estimate of drug-likeness (QED) is 0.747. The van der Waals surface area contributed by atoms with Gasteiger partial charge in [-0.05, 0) is 38.2 Å². The van der Waals surface area contributed by atoms with Crippen LogP contribution in [0.25, 0.3) is 10.9 Å². The molecule has 0 saturated heterocycles. The molecule has 0 aliphatic rings. The highest BCUT2D eigenvalue weighted by atomic mass is 16.5. The Hall–Kier alpha value is -2.73. The van der Waals surface area contributed by atoms with Gasteiger partial charge in [0, 0.05) is 54.1 Å². The molecule has 25 heavy (non-hydrogen) atoms. The van der Waals surface area contributed by atoms with Crippen LogP contribution in [0.5, 0.6) is 5.75 Å². The van der Waals surface area contributed by atoms with Crippen molar-refractivity contribution in [1.82, 2.24) is 19.9 Å². The van der Waals surface area contributed by atoms with Gasteiger partial charge in [-0.15, -0.1) is 0 Å². The van der Waals surface area contributed by atoms with Crippen LogP contribution in [0.2, 0.25) is 0 Å². The third kappa shape index (κ3) is 4.03. The van der Waals surface area contributed by atoms with Crippen molar-refractivity contribution in [1.29, 1.82) is 0 Å². The Bertz CT molecular complexity index is 908. The maximum Gasteiger partial charge on any atom is 0.252 e. The second-order valence-corrected chi connectivity index (χ2v) is 6.24. The number of aromatic nitrogens is 3. The largest absolute Gasteiger partial charge is 0.497 e. The zero-order chi connectivity index (χ0) is 17.8. The predicted octanol–water partition coefficient (Wildman–Crippen LogP) is 2.39. The molecule has 0 radical (unpaired) electrons. The Balaban J connectivity index is 1.79. The van der Waals surface area contributed by atoms with Crippen LogP contribution in [0.3, 0.4) is 0 Å². The summed E-state index contributed by atoms with van der Waals surface area (Å²) in [4.78, 5) is 25.9. The molecular formula is C19H22N4O2. The van der Waals surface area contributed by atoms with Gasteiger partial charge in [0.1, 0.15) is 5.75 Å². The van der Waals surface area contributed by atoms with Crippen molar-refractivity contribution in [2.75, 3.05) is 14.2 Å². The summed E-state index contributed by atoms with van der Waals surface area (Å²) in [5.41, 5.74) is 2.43. The zero-order valence-corrected chi connectivity index (χ0v) is 14.7. The maximum absolute atomic E-state index is 12.4. The van der Waals surface area contributed by atoms with Crippen LogP contribution in [0.1, 0.15) is 18.2 Å². The van der Waals surface area contributed by atoms with Crippen molar-refractivity contribution < 1.29 is 4.74 Å². The molecule has 0 fully saturated rings. The topological polar surface area (TPSA) is 71.1 Å². The Morgan fingerprint density at radius 3 is 2.84 bits per heavy atom. The number of benzene rings is 1. The molecule has 130 valence electrons. The molecule has 1 aromatic carbocycles. The number of hydrogen-bond donors (Lipinski definition) is 1. The smallest absolute Gasteiger partial charge is 0.252 e. The van der Waals surface area contributed by atoms with Gasteiger partial charge in [-0.1, -0.05) is 0 Å². The third-order valence-corrected chi connectivity index (χ3v) is 4.42. The van der Waals surface area contributed by atoms with Gasteiger partial charge in [-0.3, -0.25) is 19.7 Å². The number of rotatable bonds is 6. The minimum absolute atomic E-state index is 0.0591. The normalized spacial score (nSPS) is 12.5. The standard InChI is InChI=1S/C19H22N4O2/c1-13(8-16-11-20-6-7-21-16)23(2)12-15-9-14-10-17(25-3)4-5-18(14)22-19(15)24/h4-7,9-11,13H,8,12H2,1-3H3,(H,22,24)/t13-/m0/s1. The molecule has 1 atom stereocenters. The molecule has 6 nitrogen and oxygen atoms in total. The van der Waals surface area contributed by atoms with E-state index < -0.39 is 0 Å². The number of pyridine rings is 1. The van der Waals surface area contributed by atoms with Crippen molar-refractivity contribution in [2.45, 2.75) is 25.9 Å². The van der Waals surface area contributed by atoms with E-state index in [2.05, 4.69) is 26.8 Å². The number of hydrogen-bond acceptors (Lipinski definition) is 5. The number of fused-ring (bicyclic) bond motifs is 1. The van der Waals surface area contributed by atoms with Crippen LogP contribution < -0.4 is 10.3 Å². The first-order valence-corrected chi connectivity index (χ1v) is 8.22. The van der Waals surface area contributed by atoms with Gasteiger partial charge in [-0.25, -0.2) is 0 Å². The summed E-state index contributed by atoms with van der Waals surface area (Å²) in [6.07, 6.45) is 5.92. The Morgan fingerprint density at radius 2 is 2.12 bits per heavy atom. The number of H-pyrrole nitrogens is 1. The second kappa shape index (κ2) is 7.44. The lowest BCUT2D eigenvalue weighted by molar-refractivity contribution is 0.246. The summed E-state index contributed by atoms with van der Waals surface area (Å²) in [5.74, 6) is 0.773. The summed E-state index contributed by atoms with van der Waals surface area (Å²) in [6.45, 7) is 2.68. The van der Waals surface area contributed by atoms with E-state index in [4.69, 9.17) is 4.74 Å². The molecule has 0 aliphatic carbocycles. The fourth-order valence-corrected chi connectivity index (χ4v) is 2.79. The van der Waals surface area contributed by atoms with E-state index in [1.165, 1.54) is 0 Å². The fourth-order valence-electron chi connectivity index (χ4n) is 2.79. The highest BCUT2D eigenvalue weighted by Crippen LogP contribution is 2.19. The van der Waals surface area contributed by atoms with Crippen LogP contribution in [0, 0.1) is 0 Å². The van der Waals surface area contributed by atoms with E-state index in [-0.39, 0.29) is 11.6 Å². The predicted molar refractivity (Wildman–Crippen MR) is 97.8 cm³/mol. The lowest BCUT2D eigenvalue weighted by Gasteiger charge is -2.24. The number of ether oxygens (including phenoxy) is 1. The first-order chi connectivity index (χ1) is 12.1. The summed E-state index contributed by atoms with van der Waals surface area (Å²) < 4.78 is 5.26. The Labute approximate surface area is 146 Å². The summed E-state index contributed by atoms with van der Waals surface area (Å²) in [7, 11) is 3.64. The Kier molecular flexibility index (Phi) is 5.09. The molecule has 0 saturated carbocycles. The second-order valence-electron chi connectivity index (χ2n) is 6.24. The third-order valence-electron chi connectivity index (χ3n) is 4.42. The van der Waals surface area contributed by atoms with E-state index in [0.29, 0.717) is 6.54 Å². The summed E-state index contributed by atoms with van der Waals surface area (Å²) >= 11 is 0. The number of nitrogens with zero attached hydrogens (tertiary/aromatic N) is 3. The van der Waals surface area contributed by atoms with Crippen molar-refractivity contribution >= 4 is 10.9 Å². The molecule has 6 heteroatoms. The molecule has 1 N–H and O–H groups in total. The molecule has 0 spiro atoms. The fraction of sp³-hybridized carbons (Fsp3) is 0.316. The molecule has 0 bridgehead atoms. The van der Waals surface area contributed by atoms with Crippen LogP contribution in [0.15, 0.2) is 47.7 Å². The van der Waals surface area contributed by atoms with Gasteiger partial charge in [0.25, 0.3) is 5.56 Å². The number of methoxy groups -OCH3 is 1. The van der Waals surface area contributed by atoms with Crippen molar-refractivity contribution in [3.8, 4) is 5.75 Å². The first-order valence-electron chi connectivity index (χ1n) is 8.22. The molecule has 2 heterocycles. The number of likely N-dealkylation sites (N-methyl/N-ethyl adjacent to an activating group) is 1. The van der Waals surface area contributed by atoms with Gasteiger partial charge in [0.05, 0.1) is 12.8 Å². The molecule has 3 rings (SSSR count). The average Bonchev–Trinajstić information content (AvgIpc) is 2.62. The van der Waals surface area contributed by atoms with Crippen molar-refractivity contribution in [3.05, 3.63) is 64.5 Å². The van der Waals surface area contributed by atoms with Crippen molar-refractivity contribution in [2.24, 2.45) is 0 Å². The van der Waals surface area contributed by atoms with E-state index in [0.717, 1.165) is 34.3 Å². The van der Waals surface area contributed by atoms with Crippen LogP contribution in [-0.2, 0) is 13.0 Å². The molecule has 2 aromatic heterocycles. The monoisotopic (exact) mass is 338 g/mol. The van der Waals surface area contributed by atoms with Gasteiger partial charge in [-0.2, -0.15) is 0 Å². The van der Waals surface area contributed by atoms with E-state index in [1.807, 2.05) is 31.3 Å². The summed E-state index contributed by atoms with van der Waals surface area (Å²) in [6, 6.07) is 7.80. The van der Waals surface area contributed by atoms with Crippen LogP contribution in [0.4, 0.5) is 0 Å². The average molecular weight is 338 g/mol. The molecule has 0 unspecified atom stereocenters. The summed E-state index contributed by atoms with van der Waals surface area (Å²) in [5, 5.41) is 0.962. The minimum Gasteiger partial charge on any atom is -0.497 e. The van der Waals surface area contributed by atoms with E-state index in [1.54, 1.807) is 25.7 Å². The van der Waals surface area contributed by atoms with Crippen LogP contribution in [-0.4, -0.2) is 40.1 Å². The number of aromatic amines is 1. The Morgan fingerprint density at radius 1 is 1.28 bits per heavy atom. The highest BCUT2D eigenvalue weighted by Gasteiger charge is 2.14. The van der Waals surface area contributed by atoms with Crippen LogP contribution >= 0.6 is 0 Å². The highest BCUT2D eigenvalue weighted by molar-refractivity contribution is 5.80. The lowest BCUT2D eigenvalue weighted by atomic mass is 10.1. The maximum atomic E-state index is 12.4. The van der Waals surface area contributed by atoms with Gasteiger partial charge in [0.2, 0.25) is 0 Å². The zero-order valence-electron chi connectivity index (χ0n) is 14.7. The van der Waals surface area contributed by atoms with Gasteiger partial charge >= 0.3 is 0 Å². The lowest BCUT2D eigenvalue weighted by Crippen LogP contribution is -2.32.